The highest BCUT2D eigenvalue weighted by molar-refractivity contribution is 7.13. The van der Waals surface area contributed by atoms with Crippen LogP contribution in [-0.2, 0) is 0 Å². The van der Waals surface area contributed by atoms with Crippen LogP contribution >= 0.6 is 11.3 Å². The summed E-state index contributed by atoms with van der Waals surface area (Å²) in [6, 6.07) is 9.91. The predicted molar refractivity (Wildman–Crippen MR) is 98.3 cm³/mol. The summed E-state index contributed by atoms with van der Waals surface area (Å²) in [7, 11) is 3.14. The summed E-state index contributed by atoms with van der Waals surface area (Å²) in [6.07, 6.45) is 0. The Labute approximate surface area is 153 Å². The first-order valence-electron chi connectivity index (χ1n) is 7.28. The van der Waals surface area contributed by atoms with Crippen molar-refractivity contribution >= 4 is 17.3 Å². The SMILES string of the molecule is COc1ccc(-c2nc(-c3ccc(O)c(C(=O)O)c3)cs2)cc1OC.O. The Morgan fingerprint density at radius 2 is 1.73 bits per heavy atom. The van der Waals surface area contributed by atoms with Crippen LogP contribution < -0.4 is 9.47 Å². The van der Waals surface area contributed by atoms with Crippen LogP contribution in [0.2, 0.25) is 0 Å². The summed E-state index contributed by atoms with van der Waals surface area (Å²) < 4.78 is 10.5. The van der Waals surface area contributed by atoms with Gasteiger partial charge in [-0.05, 0) is 36.4 Å². The standard InChI is InChI=1S/C18H15NO5S.H2O/c1-23-15-6-4-11(8-16(15)24-2)17-19-13(9-25-17)10-3-5-14(20)12(7-10)18(21)22;/h3-9,20H,1-2H3,(H,21,22);1H2. The van der Waals surface area contributed by atoms with Crippen molar-refractivity contribution in [2.75, 3.05) is 14.2 Å². The Morgan fingerprint density at radius 1 is 1.04 bits per heavy atom. The van der Waals surface area contributed by atoms with Crippen molar-refractivity contribution in [3.8, 4) is 39.1 Å². The Bertz CT molecular complexity index is 937. The van der Waals surface area contributed by atoms with Gasteiger partial charge in [-0.25, -0.2) is 9.78 Å². The van der Waals surface area contributed by atoms with E-state index in [1.54, 1.807) is 26.4 Å². The van der Waals surface area contributed by atoms with Crippen LogP contribution in [0.5, 0.6) is 17.2 Å². The zero-order chi connectivity index (χ0) is 18.0. The number of aromatic carboxylic acids is 1. The molecular formula is C18H17NO6S. The molecule has 1 aromatic heterocycles. The van der Waals surface area contributed by atoms with Crippen LogP contribution in [0, 0.1) is 0 Å². The first-order valence-corrected chi connectivity index (χ1v) is 8.16. The molecule has 2 aromatic carbocycles. The monoisotopic (exact) mass is 375 g/mol. The highest BCUT2D eigenvalue weighted by Crippen LogP contribution is 2.35. The fourth-order valence-electron chi connectivity index (χ4n) is 2.37. The van der Waals surface area contributed by atoms with Gasteiger partial charge in [0.15, 0.2) is 11.5 Å². The average Bonchev–Trinajstić information content (AvgIpc) is 3.11. The summed E-state index contributed by atoms with van der Waals surface area (Å²) in [6.45, 7) is 0. The number of carboxylic acids is 1. The fraction of sp³-hybridized carbons (Fsp3) is 0.111. The minimum Gasteiger partial charge on any atom is -0.507 e. The van der Waals surface area contributed by atoms with Gasteiger partial charge in [-0.2, -0.15) is 0 Å². The van der Waals surface area contributed by atoms with Gasteiger partial charge in [-0.3, -0.25) is 0 Å². The number of phenols is 1. The van der Waals surface area contributed by atoms with Crippen LogP contribution in [0.3, 0.4) is 0 Å². The first-order chi connectivity index (χ1) is 12.0. The molecule has 0 aliphatic carbocycles. The number of aromatic nitrogens is 1. The summed E-state index contributed by atoms with van der Waals surface area (Å²) in [5.74, 6) is -0.219. The molecule has 0 unspecified atom stereocenters. The third-order valence-electron chi connectivity index (χ3n) is 3.66. The van der Waals surface area contributed by atoms with E-state index in [0.29, 0.717) is 22.8 Å². The second kappa shape index (κ2) is 7.85. The zero-order valence-electron chi connectivity index (χ0n) is 14.0. The fourth-order valence-corrected chi connectivity index (χ4v) is 3.20. The van der Waals surface area contributed by atoms with E-state index in [-0.39, 0.29) is 16.8 Å². The molecule has 3 rings (SSSR count). The van der Waals surface area contributed by atoms with Crippen LogP contribution in [-0.4, -0.2) is 40.9 Å². The third kappa shape index (κ3) is 3.61. The second-order valence-corrected chi connectivity index (χ2v) is 6.00. The quantitative estimate of drug-likeness (QED) is 0.707. The lowest BCUT2D eigenvalue weighted by Crippen LogP contribution is -1.97. The van der Waals surface area contributed by atoms with Crippen LogP contribution in [0.1, 0.15) is 10.4 Å². The van der Waals surface area contributed by atoms with Gasteiger partial charge >= 0.3 is 5.97 Å². The number of ether oxygens (including phenoxy) is 2. The number of carboxylic acid groups (broad SMARTS) is 1. The van der Waals surface area contributed by atoms with E-state index < -0.39 is 5.97 Å². The van der Waals surface area contributed by atoms with Crippen LogP contribution in [0.15, 0.2) is 41.8 Å². The van der Waals surface area contributed by atoms with Crippen molar-refractivity contribution in [3.05, 3.63) is 47.3 Å². The molecule has 26 heavy (non-hydrogen) atoms. The minimum absolute atomic E-state index is 0. The molecule has 0 radical (unpaired) electrons. The van der Waals surface area contributed by atoms with Gasteiger partial charge in [0.25, 0.3) is 0 Å². The first kappa shape index (κ1) is 19.2. The molecule has 1 heterocycles. The summed E-state index contributed by atoms with van der Waals surface area (Å²) in [4.78, 5) is 15.7. The average molecular weight is 375 g/mol. The van der Waals surface area contributed by atoms with E-state index in [0.717, 1.165) is 10.6 Å². The van der Waals surface area contributed by atoms with E-state index in [1.165, 1.54) is 23.5 Å². The number of aromatic hydroxyl groups is 1. The Kier molecular flexibility index (Phi) is 5.81. The van der Waals surface area contributed by atoms with Gasteiger partial charge in [0.1, 0.15) is 16.3 Å². The van der Waals surface area contributed by atoms with Crippen LogP contribution in [0.25, 0.3) is 21.8 Å². The smallest absolute Gasteiger partial charge is 0.339 e. The van der Waals surface area contributed by atoms with Crippen molar-refractivity contribution < 1.29 is 30.0 Å². The number of hydrogen-bond donors (Lipinski definition) is 2. The van der Waals surface area contributed by atoms with Crippen molar-refractivity contribution in [2.24, 2.45) is 0 Å². The highest BCUT2D eigenvalue weighted by Gasteiger charge is 2.14. The lowest BCUT2D eigenvalue weighted by Gasteiger charge is -2.08. The molecule has 0 saturated heterocycles. The third-order valence-corrected chi connectivity index (χ3v) is 4.55. The molecule has 0 spiro atoms. The van der Waals surface area contributed by atoms with Crippen molar-refractivity contribution in [2.45, 2.75) is 0 Å². The van der Waals surface area contributed by atoms with Crippen molar-refractivity contribution in [3.63, 3.8) is 0 Å². The Balaban J connectivity index is 0.00000243. The minimum atomic E-state index is -1.19. The molecule has 0 aliphatic heterocycles. The number of thiazole rings is 1. The van der Waals surface area contributed by atoms with Crippen LogP contribution in [0.4, 0.5) is 0 Å². The number of benzene rings is 2. The van der Waals surface area contributed by atoms with Gasteiger partial charge in [0.2, 0.25) is 0 Å². The molecule has 8 heteroatoms. The molecular weight excluding hydrogens is 358 g/mol. The number of nitrogens with zero attached hydrogens (tertiary/aromatic N) is 1. The molecule has 0 fully saturated rings. The number of methoxy groups -OCH3 is 2. The van der Waals surface area contributed by atoms with Gasteiger partial charge in [0, 0.05) is 16.5 Å². The molecule has 0 amide bonds. The molecule has 0 aliphatic rings. The van der Waals surface area contributed by atoms with E-state index in [4.69, 9.17) is 14.6 Å². The molecule has 7 nitrogen and oxygen atoms in total. The Morgan fingerprint density at radius 3 is 2.38 bits per heavy atom. The van der Waals surface area contributed by atoms with E-state index >= 15 is 0 Å². The van der Waals surface area contributed by atoms with Gasteiger partial charge in [-0.15, -0.1) is 11.3 Å². The lowest BCUT2D eigenvalue weighted by atomic mass is 10.1. The van der Waals surface area contributed by atoms with E-state index in [1.807, 2.05) is 17.5 Å². The maximum Gasteiger partial charge on any atom is 0.339 e. The molecule has 0 atom stereocenters. The maximum atomic E-state index is 11.2. The molecule has 0 bridgehead atoms. The van der Waals surface area contributed by atoms with Gasteiger partial charge < -0.3 is 25.2 Å². The largest absolute Gasteiger partial charge is 0.507 e. The molecule has 0 saturated carbocycles. The van der Waals surface area contributed by atoms with Crippen molar-refractivity contribution in [1.29, 1.82) is 0 Å². The molecule has 3 aromatic rings. The summed E-state index contributed by atoms with van der Waals surface area (Å²) in [5, 5.41) is 21.3. The predicted octanol–water partition coefficient (Wildman–Crippen LogP) is 3.07. The van der Waals surface area contributed by atoms with Gasteiger partial charge in [-0.1, -0.05) is 0 Å². The Hall–Kier alpha value is -3.10. The van der Waals surface area contributed by atoms with E-state index in [2.05, 4.69) is 4.98 Å². The number of carbonyl (C=O) groups is 1. The summed E-state index contributed by atoms with van der Waals surface area (Å²) >= 11 is 1.43. The zero-order valence-corrected chi connectivity index (χ0v) is 14.8. The normalized spacial score (nSPS) is 10.1. The number of hydrogen-bond acceptors (Lipinski definition) is 6. The summed E-state index contributed by atoms with van der Waals surface area (Å²) in [5.41, 5.74) is 1.97. The van der Waals surface area contributed by atoms with E-state index in [9.17, 15) is 9.90 Å². The van der Waals surface area contributed by atoms with Crippen molar-refractivity contribution in [1.82, 2.24) is 4.98 Å². The molecule has 4 N–H and O–H groups in total. The second-order valence-electron chi connectivity index (χ2n) is 5.14. The highest BCUT2D eigenvalue weighted by atomic mass is 32.1. The topological polar surface area (TPSA) is 120 Å². The lowest BCUT2D eigenvalue weighted by molar-refractivity contribution is 0.0694. The molecule has 136 valence electrons. The number of rotatable bonds is 5. The maximum absolute atomic E-state index is 11.2. The van der Waals surface area contributed by atoms with Gasteiger partial charge in [0.05, 0.1) is 19.9 Å².